The van der Waals surface area contributed by atoms with Gasteiger partial charge in [0.25, 0.3) is 0 Å². The zero-order chi connectivity index (χ0) is 9.14. The Morgan fingerprint density at radius 2 is 1.92 bits per heavy atom. The summed E-state index contributed by atoms with van der Waals surface area (Å²) in [5.41, 5.74) is -0.0880. The first kappa shape index (κ1) is 9.10. The summed E-state index contributed by atoms with van der Waals surface area (Å²) in [6.45, 7) is 0. The molecule has 2 N–H and O–H groups in total. The van der Waals surface area contributed by atoms with Crippen LogP contribution in [-0.4, -0.2) is 30.1 Å². The Morgan fingerprint density at radius 1 is 1.33 bits per heavy atom. The number of benzene rings is 1. The third-order valence-corrected chi connectivity index (χ3v) is 3.02. The molecule has 1 atom stereocenters. The molecule has 1 unspecified atom stereocenters. The fourth-order valence-corrected chi connectivity index (χ4v) is 2.06. The van der Waals surface area contributed by atoms with E-state index in [4.69, 9.17) is 9.20 Å². The third-order valence-electron chi connectivity index (χ3n) is 1.34. The Hall–Kier alpha value is -0.992. The molecule has 0 fully saturated rings. The van der Waals surface area contributed by atoms with Crippen molar-refractivity contribution in [2.45, 2.75) is 0 Å². The summed E-state index contributed by atoms with van der Waals surface area (Å²) < 4.78 is 19.5. The number of hydrogen-bond acceptors (Lipinski definition) is 2. The van der Waals surface area contributed by atoms with E-state index < -0.39 is 20.9 Å². The first-order valence-corrected chi connectivity index (χ1v) is 5.65. The van der Waals surface area contributed by atoms with Crippen molar-refractivity contribution in [1.29, 1.82) is 0 Å². The summed E-state index contributed by atoms with van der Waals surface area (Å²) in [6.07, 6.45) is 0. The number of rotatable bonds is 2. The van der Waals surface area contributed by atoms with Crippen molar-refractivity contribution in [2.75, 3.05) is 0 Å². The second-order valence-corrected chi connectivity index (χ2v) is 4.25. The predicted molar refractivity (Wildman–Crippen MR) is 41.7 cm³/mol. The van der Waals surface area contributed by atoms with E-state index in [1.54, 1.807) is 0 Å². The molecule has 0 spiro atoms. The molecule has 0 heterocycles. The van der Waals surface area contributed by atoms with Crippen LogP contribution in [0.1, 0.15) is 10.4 Å². The van der Waals surface area contributed by atoms with Crippen LogP contribution >= 0.6 is 0 Å². The summed E-state index contributed by atoms with van der Waals surface area (Å²) in [4.78, 5) is 10.5. The summed E-state index contributed by atoms with van der Waals surface area (Å²) in [5.74, 6) is -1.17. The Bertz CT molecular complexity index is 301. The quantitative estimate of drug-likeness (QED) is 0.670. The SMILES string of the molecule is O=C(O)c1ccccc1[As](=O)O. The normalized spacial score (nSPS) is 10.9. The van der Waals surface area contributed by atoms with Crippen LogP contribution in [0.4, 0.5) is 0 Å². The van der Waals surface area contributed by atoms with Crippen LogP contribution < -0.4 is 4.35 Å². The van der Waals surface area contributed by atoms with E-state index in [-0.39, 0.29) is 9.91 Å². The van der Waals surface area contributed by atoms with Crippen LogP contribution in [0, 0.1) is 0 Å². The maximum absolute atomic E-state index is 10.7. The van der Waals surface area contributed by atoms with Crippen LogP contribution in [0.5, 0.6) is 0 Å². The minimum atomic E-state index is -3.32. The predicted octanol–water partition coefficient (Wildman–Crippen LogP) is -0.497. The van der Waals surface area contributed by atoms with Gasteiger partial charge >= 0.3 is 72.8 Å². The van der Waals surface area contributed by atoms with Crippen molar-refractivity contribution in [2.24, 2.45) is 0 Å². The zero-order valence-electron chi connectivity index (χ0n) is 5.97. The van der Waals surface area contributed by atoms with E-state index in [2.05, 4.69) is 0 Å². The second kappa shape index (κ2) is 3.61. The average Bonchev–Trinajstić information content (AvgIpc) is 2.04. The molecule has 63 valence electrons. The first-order valence-electron chi connectivity index (χ1n) is 3.11. The van der Waals surface area contributed by atoms with Gasteiger partial charge in [-0.3, -0.25) is 0 Å². The topological polar surface area (TPSA) is 74.6 Å². The van der Waals surface area contributed by atoms with Gasteiger partial charge < -0.3 is 0 Å². The molecule has 4 nitrogen and oxygen atoms in total. The van der Waals surface area contributed by atoms with E-state index >= 15 is 0 Å². The van der Waals surface area contributed by atoms with Crippen LogP contribution in [-0.2, 0) is 3.74 Å². The van der Waals surface area contributed by atoms with Crippen molar-refractivity contribution >= 4 is 25.3 Å². The number of carbonyl (C=O) groups is 1. The van der Waals surface area contributed by atoms with Crippen molar-refractivity contribution in [3.8, 4) is 0 Å². The molecule has 1 aromatic carbocycles. The molecular weight excluding hydrogens is 223 g/mol. The van der Waals surface area contributed by atoms with Gasteiger partial charge in [-0.05, 0) is 0 Å². The van der Waals surface area contributed by atoms with Gasteiger partial charge in [0.2, 0.25) is 0 Å². The van der Waals surface area contributed by atoms with Gasteiger partial charge in [-0.2, -0.15) is 0 Å². The Kier molecular flexibility index (Phi) is 2.73. The van der Waals surface area contributed by atoms with Crippen molar-refractivity contribution in [3.63, 3.8) is 0 Å². The molecule has 0 saturated heterocycles. The first-order chi connectivity index (χ1) is 5.63. The summed E-state index contributed by atoms with van der Waals surface area (Å²) >= 11 is -3.32. The van der Waals surface area contributed by atoms with Crippen LogP contribution in [0.15, 0.2) is 24.3 Å². The van der Waals surface area contributed by atoms with Gasteiger partial charge in [0.1, 0.15) is 0 Å². The maximum atomic E-state index is 10.7. The molecule has 1 radical (unpaired) electrons. The molecular formula is C7H6AsO4. The van der Waals surface area contributed by atoms with Gasteiger partial charge in [-0.1, -0.05) is 0 Å². The van der Waals surface area contributed by atoms with Crippen molar-refractivity contribution < 1.29 is 17.7 Å². The van der Waals surface area contributed by atoms with Gasteiger partial charge in [0.15, 0.2) is 0 Å². The molecule has 5 heteroatoms. The summed E-state index contributed by atoms with van der Waals surface area (Å²) in [5, 5.41) is 8.59. The third kappa shape index (κ3) is 1.78. The summed E-state index contributed by atoms with van der Waals surface area (Å²) in [6, 6.07) is 5.73. The molecule has 0 bridgehead atoms. The zero-order valence-corrected chi connectivity index (χ0v) is 7.84. The summed E-state index contributed by atoms with van der Waals surface area (Å²) in [7, 11) is 0. The van der Waals surface area contributed by atoms with E-state index in [1.165, 1.54) is 24.3 Å². The molecule has 1 rings (SSSR count). The second-order valence-electron chi connectivity index (χ2n) is 2.10. The van der Waals surface area contributed by atoms with Gasteiger partial charge in [0.05, 0.1) is 0 Å². The molecule has 1 aromatic rings. The molecule has 0 aliphatic carbocycles. The van der Waals surface area contributed by atoms with Crippen molar-refractivity contribution in [1.82, 2.24) is 0 Å². The Balaban J connectivity index is 3.27. The number of carboxylic acid groups (broad SMARTS) is 1. The average molecular weight is 229 g/mol. The Morgan fingerprint density at radius 3 is 2.33 bits per heavy atom. The number of carboxylic acids is 1. The van der Waals surface area contributed by atoms with Crippen molar-refractivity contribution in [3.05, 3.63) is 29.8 Å². The standard InChI is InChI=1S/C7H6AsO4/c9-7(10)5-3-1-2-4-6(5)8(11)12/h1-4H,(H,9,10)(H,11,12). The van der Waals surface area contributed by atoms with E-state index in [9.17, 15) is 8.53 Å². The van der Waals surface area contributed by atoms with Gasteiger partial charge in [-0.25, -0.2) is 0 Å². The van der Waals surface area contributed by atoms with E-state index in [0.717, 1.165) is 0 Å². The molecule has 0 saturated carbocycles. The minimum absolute atomic E-state index is 0.0394. The van der Waals surface area contributed by atoms with E-state index in [1.807, 2.05) is 0 Å². The Labute approximate surface area is 73.3 Å². The van der Waals surface area contributed by atoms with E-state index in [0.29, 0.717) is 0 Å². The van der Waals surface area contributed by atoms with Crippen LogP contribution in [0.2, 0.25) is 0 Å². The van der Waals surface area contributed by atoms with Gasteiger partial charge in [0, 0.05) is 0 Å². The molecule has 0 aliphatic rings. The molecule has 0 amide bonds. The molecule has 0 aliphatic heterocycles. The number of aromatic carboxylic acids is 1. The van der Waals surface area contributed by atoms with Gasteiger partial charge in [-0.15, -0.1) is 0 Å². The van der Waals surface area contributed by atoms with Crippen LogP contribution in [0.25, 0.3) is 0 Å². The molecule has 12 heavy (non-hydrogen) atoms. The monoisotopic (exact) mass is 229 g/mol. The number of hydrogen-bond donors (Lipinski definition) is 2. The fourth-order valence-electron chi connectivity index (χ4n) is 0.821. The molecule has 0 aromatic heterocycles. The van der Waals surface area contributed by atoms with Crippen LogP contribution in [0.3, 0.4) is 0 Å². The fraction of sp³-hybridized carbons (Fsp3) is 0.